The van der Waals surface area contributed by atoms with Gasteiger partial charge in [0.25, 0.3) is 0 Å². The number of carbonyl (C=O) groups excluding carboxylic acids is 1. The number of carbonyl (C=O) groups is 1. The molecule has 1 atom stereocenters. The molecular weight excluding hydrogens is 424 g/mol. The van der Waals surface area contributed by atoms with Crippen molar-refractivity contribution in [3.63, 3.8) is 0 Å². The lowest BCUT2D eigenvalue weighted by Gasteiger charge is -2.24. The van der Waals surface area contributed by atoms with Crippen molar-refractivity contribution in [2.75, 3.05) is 31.1 Å². The highest BCUT2D eigenvalue weighted by Gasteiger charge is 2.26. The molecule has 0 bridgehead atoms. The first kappa shape index (κ1) is 22.5. The zero-order valence-corrected chi connectivity index (χ0v) is 19.8. The molecule has 1 aliphatic rings. The monoisotopic (exact) mass is 454 g/mol. The minimum absolute atomic E-state index is 0.00179. The number of alkyl halides is 1. The number of amides is 1. The van der Waals surface area contributed by atoms with E-state index in [1.807, 2.05) is 46.8 Å². The van der Waals surface area contributed by atoms with Gasteiger partial charge in [0, 0.05) is 32.6 Å². The van der Waals surface area contributed by atoms with Crippen molar-refractivity contribution in [1.82, 2.24) is 24.6 Å². The van der Waals surface area contributed by atoms with Gasteiger partial charge in [0.05, 0.1) is 16.8 Å². The summed E-state index contributed by atoms with van der Waals surface area (Å²) in [6.07, 6.45) is 3.84. The van der Waals surface area contributed by atoms with Crippen molar-refractivity contribution >= 4 is 34.4 Å². The van der Waals surface area contributed by atoms with Crippen molar-refractivity contribution in [3.05, 3.63) is 41.9 Å². The standard InChI is InChI=1S/C24H31ClN6O/c1-4-5-12-20-26-22(29-13-9-14-30(16-15-29)24(32)17(2)25)21-18(3)28-31(23(21)27-20)19-10-7-6-8-11-19/h6-8,10-11,17H,4-5,9,12-16H2,1-3H3/t17-/m0/s1. The molecule has 1 amide bonds. The predicted octanol–water partition coefficient (Wildman–Crippen LogP) is 4.13. The molecule has 0 radical (unpaired) electrons. The van der Waals surface area contributed by atoms with Gasteiger partial charge in [-0.2, -0.15) is 5.10 Å². The number of hydrogen-bond donors (Lipinski definition) is 0. The molecule has 2 aromatic heterocycles. The molecule has 3 heterocycles. The molecule has 7 nitrogen and oxygen atoms in total. The van der Waals surface area contributed by atoms with Crippen LogP contribution in [0.3, 0.4) is 0 Å². The van der Waals surface area contributed by atoms with Crippen LogP contribution in [0.4, 0.5) is 5.82 Å². The molecule has 0 spiro atoms. The van der Waals surface area contributed by atoms with E-state index in [1.54, 1.807) is 6.92 Å². The summed E-state index contributed by atoms with van der Waals surface area (Å²) >= 11 is 6.06. The summed E-state index contributed by atoms with van der Waals surface area (Å²) in [5, 5.41) is 5.32. The second-order valence-corrected chi connectivity index (χ2v) is 9.03. The number of aryl methyl sites for hydroxylation is 2. The highest BCUT2D eigenvalue weighted by atomic mass is 35.5. The Bertz CT molecular complexity index is 1080. The number of halogens is 1. The van der Waals surface area contributed by atoms with Gasteiger partial charge < -0.3 is 9.80 Å². The van der Waals surface area contributed by atoms with Gasteiger partial charge in [-0.25, -0.2) is 14.6 Å². The van der Waals surface area contributed by atoms with Crippen LogP contribution in [0.25, 0.3) is 16.7 Å². The van der Waals surface area contributed by atoms with E-state index in [-0.39, 0.29) is 5.91 Å². The first-order valence-electron chi connectivity index (χ1n) is 11.5. The molecule has 1 saturated heterocycles. The van der Waals surface area contributed by atoms with E-state index >= 15 is 0 Å². The van der Waals surface area contributed by atoms with Crippen LogP contribution in [-0.2, 0) is 11.2 Å². The summed E-state index contributed by atoms with van der Waals surface area (Å²) in [4.78, 5) is 26.5. The van der Waals surface area contributed by atoms with Gasteiger partial charge in [0.1, 0.15) is 17.0 Å². The minimum Gasteiger partial charge on any atom is -0.354 e. The smallest absolute Gasteiger partial charge is 0.240 e. The molecule has 3 aromatic rings. The normalized spacial score (nSPS) is 15.8. The van der Waals surface area contributed by atoms with Crippen LogP contribution in [0.15, 0.2) is 30.3 Å². The van der Waals surface area contributed by atoms with Gasteiger partial charge in [0.15, 0.2) is 5.65 Å². The van der Waals surface area contributed by atoms with Crippen LogP contribution in [0.1, 0.15) is 44.6 Å². The highest BCUT2D eigenvalue weighted by Crippen LogP contribution is 2.30. The fraction of sp³-hybridized carbons (Fsp3) is 0.500. The summed E-state index contributed by atoms with van der Waals surface area (Å²) in [6.45, 7) is 8.82. The number of aromatic nitrogens is 4. The molecule has 0 N–H and O–H groups in total. The SMILES string of the molecule is CCCCc1nc(N2CCCN(C(=O)[C@H](C)Cl)CC2)c2c(C)nn(-c3ccccc3)c2n1. The Labute approximate surface area is 194 Å². The number of fused-ring (bicyclic) bond motifs is 1. The quantitative estimate of drug-likeness (QED) is 0.524. The average molecular weight is 455 g/mol. The zero-order chi connectivity index (χ0) is 22.7. The number of para-hydroxylation sites is 1. The Kier molecular flexibility index (Phi) is 6.94. The number of anilines is 1. The topological polar surface area (TPSA) is 67.2 Å². The van der Waals surface area contributed by atoms with Gasteiger partial charge in [-0.1, -0.05) is 31.5 Å². The Balaban J connectivity index is 1.76. The summed E-state index contributed by atoms with van der Waals surface area (Å²) in [5.74, 6) is 1.77. The van der Waals surface area contributed by atoms with Crippen molar-refractivity contribution in [3.8, 4) is 5.69 Å². The van der Waals surface area contributed by atoms with E-state index in [0.717, 1.165) is 66.3 Å². The number of nitrogens with zero attached hydrogens (tertiary/aromatic N) is 6. The Morgan fingerprint density at radius 2 is 1.91 bits per heavy atom. The summed E-state index contributed by atoms with van der Waals surface area (Å²) in [7, 11) is 0. The van der Waals surface area contributed by atoms with Gasteiger partial charge in [-0.15, -0.1) is 11.6 Å². The summed E-state index contributed by atoms with van der Waals surface area (Å²) in [5.41, 5.74) is 2.74. The van der Waals surface area contributed by atoms with Crippen molar-refractivity contribution in [2.24, 2.45) is 0 Å². The van der Waals surface area contributed by atoms with Crippen LogP contribution >= 0.6 is 11.6 Å². The second-order valence-electron chi connectivity index (χ2n) is 8.38. The van der Waals surface area contributed by atoms with E-state index in [4.69, 9.17) is 26.7 Å². The molecule has 8 heteroatoms. The van der Waals surface area contributed by atoms with Crippen LogP contribution in [0.2, 0.25) is 0 Å². The second kappa shape index (κ2) is 9.86. The first-order chi connectivity index (χ1) is 15.5. The van der Waals surface area contributed by atoms with Crippen molar-refractivity contribution in [1.29, 1.82) is 0 Å². The van der Waals surface area contributed by atoms with E-state index in [0.29, 0.717) is 19.6 Å². The maximum atomic E-state index is 12.4. The van der Waals surface area contributed by atoms with E-state index in [1.165, 1.54) is 0 Å². The molecule has 32 heavy (non-hydrogen) atoms. The van der Waals surface area contributed by atoms with E-state index in [9.17, 15) is 4.79 Å². The van der Waals surface area contributed by atoms with Gasteiger partial charge in [-0.3, -0.25) is 4.79 Å². The number of hydrogen-bond acceptors (Lipinski definition) is 5. The third-order valence-electron chi connectivity index (χ3n) is 5.93. The van der Waals surface area contributed by atoms with Crippen LogP contribution in [0, 0.1) is 6.92 Å². The fourth-order valence-corrected chi connectivity index (χ4v) is 4.37. The lowest BCUT2D eigenvalue weighted by molar-refractivity contribution is -0.130. The number of unbranched alkanes of at least 4 members (excludes halogenated alkanes) is 1. The largest absolute Gasteiger partial charge is 0.354 e. The van der Waals surface area contributed by atoms with Crippen LogP contribution < -0.4 is 4.90 Å². The fourth-order valence-electron chi connectivity index (χ4n) is 4.23. The Morgan fingerprint density at radius 3 is 2.62 bits per heavy atom. The van der Waals surface area contributed by atoms with Gasteiger partial charge >= 0.3 is 0 Å². The maximum absolute atomic E-state index is 12.4. The average Bonchev–Trinajstić information content (AvgIpc) is 2.97. The summed E-state index contributed by atoms with van der Waals surface area (Å²) < 4.78 is 1.92. The van der Waals surface area contributed by atoms with Crippen LogP contribution in [-0.4, -0.2) is 62.1 Å². The molecule has 170 valence electrons. The molecule has 0 aliphatic carbocycles. The first-order valence-corrected chi connectivity index (χ1v) is 11.9. The van der Waals surface area contributed by atoms with Gasteiger partial charge in [0.2, 0.25) is 5.91 Å². The van der Waals surface area contributed by atoms with Gasteiger partial charge in [-0.05, 0) is 38.8 Å². The Morgan fingerprint density at radius 1 is 1.12 bits per heavy atom. The molecule has 1 aromatic carbocycles. The molecule has 0 saturated carbocycles. The van der Waals surface area contributed by atoms with Crippen molar-refractivity contribution < 1.29 is 4.79 Å². The molecule has 0 unspecified atom stereocenters. The predicted molar refractivity (Wildman–Crippen MR) is 129 cm³/mol. The lowest BCUT2D eigenvalue weighted by atomic mass is 10.2. The highest BCUT2D eigenvalue weighted by molar-refractivity contribution is 6.30. The van der Waals surface area contributed by atoms with Crippen molar-refractivity contribution in [2.45, 2.75) is 51.8 Å². The molecule has 1 fully saturated rings. The van der Waals surface area contributed by atoms with E-state index in [2.05, 4.69) is 11.8 Å². The number of benzene rings is 1. The number of rotatable bonds is 6. The molecule has 1 aliphatic heterocycles. The minimum atomic E-state index is -0.501. The Hall–Kier alpha value is -2.67. The molecule has 4 rings (SSSR count). The molecular formula is C24H31ClN6O. The zero-order valence-electron chi connectivity index (χ0n) is 19.1. The third kappa shape index (κ3) is 4.58. The summed E-state index contributed by atoms with van der Waals surface area (Å²) in [6, 6.07) is 10.1. The van der Waals surface area contributed by atoms with Crippen LogP contribution in [0.5, 0.6) is 0 Å². The third-order valence-corrected chi connectivity index (χ3v) is 6.12. The maximum Gasteiger partial charge on any atom is 0.240 e. The van der Waals surface area contributed by atoms with E-state index < -0.39 is 5.38 Å². The lowest BCUT2D eigenvalue weighted by Crippen LogP contribution is -2.38.